The lowest BCUT2D eigenvalue weighted by Gasteiger charge is -2.26. The van der Waals surface area contributed by atoms with Crippen molar-refractivity contribution < 1.29 is 17.9 Å². The Kier molecular flexibility index (Phi) is 5.42. The third-order valence-electron chi connectivity index (χ3n) is 4.23. The molecule has 6 heteroatoms. The van der Waals surface area contributed by atoms with E-state index in [1.54, 1.807) is 18.2 Å². The fourth-order valence-electron chi connectivity index (χ4n) is 2.85. The first-order valence-electron chi connectivity index (χ1n) is 8.34. The molecule has 0 aliphatic carbocycles. The molecule has 1 aliphatic rings. The minimum absolute atomic E-state index is 0.302. The van der Waals surface area contributed by atoms with Crippen LogP contribution in [0.1, 0.15) is 16.7 Å². The van der Waals surface area contributed by atoms with Crippen LogP contribution in [0.5, 0.6) is 5.75 Å². The van der Waals surface area contributed by atoms with Crippen molar-refractivity contribution in [2.45, 2.75) is 25.3 Å². The summed E-state index contributed by atoms with van der Waals surface area (Å²) in [6, 6.07) is 13.0. The van der Waals surface area contributed by atoms with Crippen LogP contribution in [0, 0.1) is 13.8 Å². The largest absolute Gasteiger partial charge is 0.489 e. The van der Waals surface area contributed by atoms with Gasteiger partial charge in [0.2, 0.25) is 10.0 Å². The molecule has 5 nitrogen and oxygen atoms in total. The molecule has 0 N–H and O–H groups in total. The van der Waals surface area contributed by atoms with Crippen molar-refractivity contribution >= 4 is 10.0 Å². The predicted molar refractivity (Wildman–Crippen MR) is 96.3 cm³/mol. The third kappa shape index (κ3) is 4.21. The maximum Gasteiger partial charge on any atom is 0.243 e. The SMILES string of the molecule is Cc1ccc(OCc2cccc(S(=O)(=O)N3CCOCC3)c2)c(C)c1. The third-order valence-corrected chi connectivity index (χ3v) is 6.13. The van der Waals surface area contributed by atoms with E-state index in [-0.39, 0.29) is 0 Å². The first-order chi connectivity index (χ1) is 12.0. The summed E-state index contributed by atoms with van der Waals surface area (Å²) in [6.07, 6.45) is 0. The van der Waals surface area contributed by atoms with Crippen LogP contribution in [0.3, 0.4) is 0 Å². The maximum atomic E-state index is 12.7. The zero-order valence-electron chi connectivity index (χ0n) is 14.6. The molecule has 1 fully saturated rings. The number of rotatable bonds is 5. The van der Waals surface area contributed by atoms with Crippen molar-refractivity contribution in [2.24, 2.45) is 0 Å². The average molecular weight is 361 g/mol. The van der Waals surface area contributed by atoms with Gasteiger partial charge in [-0.2, -0.15) is 4.31 Å². The highest BCUT2D eigenvalue weighted by atomic mass is 32.2. The van der Waals surface area contributed by atoms with Crippen LogP contribution in [0.2, 0.25) is 0 Å². The Labute approximate surface area is 149 Å². The van der Waals surface area contributed by atoms with Gasteiger partial charge in [0.15, 0.2) is 0 Å². The van der Waals surface area contributed by atoms with Gasteiger partial charge in [0.1, 0.15) is 12.4 Å². The summed E-state index contributed by atoms with van der Waals surface area (Å²) < 4.78 is 38.0. The van der Waals surface area contributed by atoms with Crippen molar-refractivity contribution in [1.29, 1.82) is 0 Å². The smallest absolute Gasteiger partial charge is 0.243 e. The number of hydrogen-bond donors (Lipinski definition) is 0. The monoisotopic (exact) mass is 361 g/mol. The molecule has 1 saturated heterocycles. The number of nitrogens with zero attached hydrogens (tertiary/aromatic N) is 1. The number of ether oxygens (including phenoxy) is 2. The minimum atomic E-state index is -3.48. The summed E-state index contributed by atoms with van der Waals surface area (Å²) in [5, 5.41) is 0. The van der Waals surface area contributed by atoms with E-state index in [2.05, 4.69) is 6.07 Å². The average Bonchev–Trinajstić information content (AvgIpc) is 2.62. The van der Waals surface area contributed by atoms with Gasteiger partial charge in [-0.15, -0.1) is 0 Å². The number of sulfonamides is 1. The Morgan fingerprint density at radius 2 is 1.84 bits per heavy atom. The van der Waals surface area contributed by atoms with Crippen LogP contribution >= 0.6 is 0 Å². The van der Waals surface area contributed by atoms with Crippen LogP contribution < -0.4 is 4.74 Å². The fraction of sp³-hybridized carbons (Fsp3) is 0.368. The van der Waals surface area contributed by atoms with Gasteiger partial charge in [-0.3, -0.25) is 0 Å². The molecule has 1 aliphatic heterocycles. The van der Waals surface area contributed by atoms with Crippen LogP contribution in [-0.4, -0.2) is 39.0 Å². The lowest BCUT2D eigenvalue weighted by atomic mass is 10.1. The number of aryl methyl sites for hydroxylation is 2. The Bertz CT molecular complexity index is 842. The summed E-state index contributed by atoms with van der Waals surface area (Å²) in [5.74, 6) is 0.812. The topological polar surface area (TPSA) is 55.8 Å². The first-order valence-corrected chi connectivity index (χ1v) is 9.78. The normalized spacial score (nSPS) is 15.9. The molecule has 2 aromatic rings. The van der Waals surface area contributed by atoms with Crippen LogP contribution in [-0.2, 0) is 21.4 Å². The summed E-state index contributed by atoms with van der Waals surface area (Å²) in [4.78, 5) is 0.302. The molecule has 2 aromatic carbocycles. The zero-order valence-corrected chi connectivity index (χ0v) is 15.4. The van der Waals surface area contributed by atoms with E-state index in [0.717, 1.165) is 16.9 Å². The van der Waals surface area contributed by atoms with Gasteiger partial charge in [-0.1, -0.05) is 29.8 Å². The van der Waals surface area contributed by atoms with Crippen LogP contribution in [0.25, 0.3) is 0 Å². The zero-order chi connectivity index (χ0) is 17.9. The van der Waals surface area contributed by atoms with Gasteiger partial charge in [-0.25, -0.2) is 8.42 Å². The Hall–Kier alpha value is -1.89. The Morgan fingerprint density at radius 1 is 1.08 bits per heavy atom. The molecule has 0 unspecified atom stereocenters. The maximum absolute atomic E-state index is 12.7. The molecule has 134 valence electrons. The first kappa shape index (κ1) is 17.9. The van der Waals surface area contributed by atoms with Gasteiger partial charge in [0.25, 0.3) is 0 Å². The van der Waals surface area contributed by atoms with E-state index in [1.165, 1.54) is 9.87 Å². The summed E-state index contributed by atoms with van der Waals surface area (Å²) in [7, 11) is -3.48. The minimum Gasteiger partial charge on any atom is -0.489 e. The van der Waals surface area contributed by atoms with Crippen molar-refractivity contribution in [2.75, 3.05) is 26.3 Å². The highest BCUT2D eigenvalue weighted by Gasteiger charge is 2.26. The van der Waals surface area contributed by atoms with E-state index >= 15 is 0 Å². The van der Waals surface area contributed by atoms with Gasteiger partial charge in [0, 0.05) is 13.1 Å². The Morgan fingerprint density at radius 3 is 2.56 bits per heavy atom. The Balaban J connectivity index is 1.75. The molecule has 3 rings (SSSR count). The lowest BCUT2D eigenvalue weighted by Crippen LogP contribution is -2.40. The predicted octanol–water partition coefficient (Wildman–Crippen LogP) is 2.90. The van der Waals surface area contributed by atoms with Crippen molar-refractivity contribution in [3.05, 3.63) is 59.2 Å². The number of hydrogen-bond acceptors (Lipinski definition) is 4. The molecule has 0 saturated carbocycles. The van der Waals surface area contributed by atoms with E-state index in [9.17, 15) is 8.42 Å². The standard InChI is InChI=1S/C19H23NO4S/c1-15-6-7-19(16(2)12-15)24-14-17-4-3-5-18(13-17)25(21,22)20-8-10-23-11-9-20/h3-7,12-13H,8-11,14H2,1-2H3. The summed E-state index contributed by atoms with van der Waals surface area (Å²) in [5.41, 5.74) is 3.08. The second-order valence-electron chi connectivity index (χ2n) is 6.22. The molecule has 0 aromatic heterocycles. The van der Waals surface area contributed by atoms with Crippen molar-refractivity contribution in [1.82, 2.24) is 4.31 Å². The molecule has 25 heavy (non-hydrogen) atoms. The lowest BCUT2D eigenvalue weighted by molar-refractivity contribution is 0.0730. The van der Waals surface area contributed by atoms with Crippen molar-refractivity contribution in [3.8, 4) is 5.75 Å². The van der Waals surface area contributed by atoms with E-state index in [1.807, 2.05) is 32.0 Å². The summed E-state index contributed by atoms with van der Waals surface area (Å²) in [6.45, 7) is 6.04. The molecule has 0 atom stereocenters. The second kappa shape index (κ2) is 7.56. The molecule has 0 radical (unpaired) electrons. The van der Waals surface area contributed by atoms with E-state index in [4.69, 9.17) is 9.47 Å². The fourth-order valence-corrected chi connectivity index (χ4v) is 4.33. The molecule has 0 bridgehead atoms. The van der Waals surface area contributed by atoms with Gasteiger partial charge < -0.3 is 9.47 Å². The number of morpholine rings is 1. The van der Waals surface area contributed by atoms with Crippen molar-refractivity contribution in [3.63, 3.8) is 0 Å². The summed E-state index contributed by atoms with van der Waals surface area (Å²) >= 11 is 0. The van der Waals surface area contributed by atoms with Crippen LogP contribution in [0.15, 0.2) is 47.4 Å². The molecular formula is C19H23NO4S. The molecule has 0 spiro atoms. The molecule has 1 heterocycles. The van der Waals surface area contributed by atoms with E-state index < -0.39 is 10.0 Å². The van der Waals surface area contributed by atoms with Crippen LogP contribution in [0.4, 0.5) is 0 Å². The van der Waals surface area contributed by atoms with E-state index in [0.29, 0.717) is 37.8 Å². The van der Waals surface area contributed by atoms with Gasteiger partial charge in [-0.05, 0) is 43.2 Å². The number of benzene rings is 2. The molecular weight excluding hydrogens is 338 g/mol. The van der Waals surface area contributed by atoms with Gasteiger partial charge in [0.05, 0.1) is 18.1 Å². The quantitative estimate of drug-likeness (QED) is 0.822. The highest BCUT2D eigenvalue weighted by Crippen LogP contribution is 2.22. The second-order valence-corrected chi connectivity index (χ2v) is 8.16. The highest BCUT2D eigenvalue weighted by molar-refractivity contribution is 7.89. The van der Waals surface area contributed by atoms with Gasteiger partial charge >= 0.3 is 0 Å². The molecule has 0 amide bonds.